The number of nitrogens with zero attached hydrogens (tertiary/aromatic N) is 5. The number of benzene rings is 4. The van der Waals surface area contributed by atoms with Crippen LogP contribution in [0.4, 0.5) is 5.69 Å². The molecular weight excluding hydrogens is 566 g/mol. The van der Waals surface area contributed by atoms with E-state index in [4.69, 9.17) is 14.8 Å². The second-order valence-electron chi connectivity index (χ2n) is 12.3. The van der Waals surface area contributed by atoms with Crippen molar-refractivity contribution >= 4 is 27.5 Å². The highest BCUT2D eigenvalue weighted by molar-refractivity contribution is 6.09. The molecular formula is C40H39N5O. The topological polar surface area (TPSA) is 48.1 Å². The standard InChI is InChI=1S/C40H39N5O/c1-8-35-40(39-26(3)21-30(43(6)7)22-27(39)4)28(5)42-45(35)29-12-11-13-31(23-29)46-32-16-17-34-33-14-9-10-15-36(33)44(37(34)24-32)38-20-25(2)18-19-41-38/h9-24H,8H2,1-7H3. The number of rotatable bonds is 7. The summed E-state index contributed by atoms with van der Waals surface area (Å²) in [5, 5.41) is 7.43. The first-order valence-electron chi connectivity index (χ1n) is 15.9. The fraction of sp³-hybridized carbons (Fsp3) is 0.200. The number of anilines is 1. The third-order valence-corrected chi connectivity index (χ3v) is 8.85. The highest BCUT2D eigenvalue weighted by Gasteiger charge is 2.21. The van der Waals surface area contributed by atoms with E-state index in [1.807, 2.05) is 30.5 Å². The van der Waals surface area contributed by atoms with E-state index in [-0.39, 0.29) is 0 Å². The van der Waals surface area contributed by atoms with Gasteiger partial charge < -0.3 is 9.64 Å². The molecule has 0 aliphatic rings. The van der Waals surface area contributed by atoms with Crippen molar-refractivity contribution in [1.29, 1.82) is 0 Å². The van der Waals surface area contributed by atoms with Gasteiger partial charge in [0.05, 0.1) is 28.1 Å². The van der Waals surface area contributed by atoms with Gasteiger partial charge in [0, 0.05) is 54.4 Å². The van der Waals surface area contributed by atoms with Crippen LogP contribution in [0.1, 0.15) is 35.0 Å². The maximum atomic E-state index is 6.55. The van der Waals surface area contributed by atoms with Crippen LogP contribution in [0.25, 0.3) is 44.4 Å². The van der Waals surface area contributed by atoms with Crippen LogP contribution in [0.3, 0.4) is 0 Å². The summed E-state index contributed by atoms with van der Waals surface area (Å²) in [6.07, 6.45) is 2.72. The zero-order chi connectivity index (χ0) is 32.1. The van der Waals surface area contributed by atoms with Crippen LogP contribution in [0, 0.1) is 27.7 Å². The Morgan fingerprint density at radius 3 is 2.20 bits per heavy atom. The molecule has 0 aliphatic carbocycles. The van der Waals surface area contributed by atoms with Gasteiger partial charge >= 0.3 is 0 Å². The first-order chi connectivity index (χ1) is 22.2. The number of fused-ring (bicyclic) bond motifs is 3. The fourth-order valence-corrected chi connectivity index (χ4v) is 6.75. The molecule has 0 saturated heterocycles. The molecule has 7 aromatic rings. The summed E-state index contributed by atoms with van der Waals surface area (Å²) in [7, 11) is 4.17. The Bertz CT molecular complexity index is 2230. The van der Waals surface area contributed by atoms with Crippen molar-refractivity contribution in [3.63, 3.8) is 0 Å². The van der Waals surface area contributed by atoms with Crippen molar-refractivity contribution in [3.05, 3.63) is 125 Å². The summed E-state index contributed by atoms with van der Waals surface area (Å²) >= 11 is 0. The molecule has 230 valence electrons. The Balaban J connectivity index is 1.29. The number of hydrogen-bond donors (Lipinski definition) is 0. The molecule has 6 nitrogen and oxygen atoms in total. The van der Waals surface area contributed by atoms with E-state index in [1.54, 1.807) is 0 Å². The van der Waals surface area contributed by atoms with Crippen LogP contribution >= 0.6 is 0 Å². The van der Waals surface area contributed by atoms with Crippen LogP contribution < -0.4 is 9.64 Å². The zero-order valence-electron chi connectivity index (χ0n) is 27.6. The van der Waals surface area contributed by atoms with Gasteiger partial charge in [0.15, 0.2) is 0 Å². The van der Waals surface area contributed by atoms with Crippen LogP contribution in [-0.2, 0) is 6.42 Å². The van der Waals surface area contributed by atoms with E-state index in [0.717, 1.165) is 51.5 Å². The Morgan fingerprint density at radius 1 is 0.717 bits per heavy atom. The molecule has 0 fully saturated rings. The monoisotopic (exact) mass is 605 g/mol. The van der Waals surface area contributed by atoms with Crippen molar-refractivity contribution < 1.29 is 4.74 Å². The van der Waals surface area contributed by atoms with Gasteiger partial charge in [-0.1, -0.05) is 31.2 Å². The van der Waals surface area contributed by atoms with Gasteiger partial charge in [-0.15, -0.1) is 0 Å². The number of para-hydroxylation sites is 1. The molecule has 0 radical (unpaired) electrons. The molecule has 46 heavy (non-hydrogen) atoms. The van der Waals surface area contributed by atoms with E-state index < -0.39 is 0 Å². The van der Waals surface area contributed by atoms with E-state index in [9.17, 15) is 0 Å². The highest BCUT2D eigenvalue weighted by Crippen LogP contribution is 2.38. The van der Waals surface area contributed by atoms with Gasteiger partial charge in [0.1, 0.15) is 17.3 Å². The minimum atomic E-state index is 0.757. The molecule has 0 bridgehead atoms. The lowest BCUT2D eigenvalue weighted by Crippen LogP contribution is -2.09. The van der Waals surface area contributed by atoms with Gasteiger partial charge in [0.25, 0.3) is 0 Å². The quantitative estimate of drug-likeness (QED) is 0.182. The van der Waals surface area contributed by atoms with Crippen molar-refractivity contribution in [3.8, 4) is 34.1 Å². The number of aryl methyl sites for hydroxylation is 4. The minimum Gasteiger partial charge on any atom is -0.457 e. The van der Waals surface area contributed by atoms with Crippen LogP contribution in [0.15, 0.2) is 97.2 Å². The molecule has 0 unspecified atom stereocenters. The van der Waals surface area contributed by atoms with Crippen LogP contribution in [0.2, 0.25) is 0 Å². The molecule has 0 spiro atoms. The average molecular weight is 606 g/mol. The summed E-state index contributed by atoms with van der Waals surface area (Å²) < 4.78 is 10.9. The predicted octanol–water partition coefficient (Wildman–Crippen LogP) is 9.69. The Labute approximate surface area is 270 Å². The van der Waals surface area contributed by atoms with E-state index >= 15 is 0 Å². The molecule has 0 N–H and O–H groups in total. The second kappa shape index (κ2) is 11.5. The average Bonchev–Trinajstić information content (AvgIpc) is 3.54. The van der Waals surface area contributed by atoms with Crippen molar-refractivity contribution in [2.24, 2.45) is 0 Å². The van der Waals surface area contributed by atoms with E-state index in [1.165, 1.54) is 44.6 Å². The summed E-state index contributed by atoms with van der Waals surface area (Å²) in [6, 6.07) is 31.7. The Morgan fingerprint density at radius 2 is 1.46 bits per heavy atom. The smallest absolute Gasteiger partial charge is 0.137 e. The van der Waals surface area contributed by atoms with Crippen molar-refractivity contribution in [2.45, 2.75) is 41.0 Å². The maximum Gasteiger partial charge on any atom is 0.137 e. The number of hydrogen-bond acceptors (Lipinski definition) is 4. The highest BCUT2D eigenvalue weighted by atomic mass is 16.5. The molecule has 7 rings (SSSR count). The maximum absolute atomic E-state index is 6.55. The lowest BCUT2D eigenvalue weighted by atomic mass is 9.92. The molecule has 4 aromatic carbocycles. The van der Waals surface area contributed by atoms with E-state index in [2.05, 4.69) is 130 Å². The van der Waals surface area contributed by atoms with Gasteiger partial charge in [0.2, 0.25) is 0 Å². The molecule has 0 saturated carbocycles. The predicted molar refractivity (Wildman–Crippen MR) is 190 cm³/mol. The van der Waals surface area contributed by atoms with Gasteiger partial charge in [-0.3, -0.25) is 4.57 Å². The molecule has 0 atom stereocenters. The third-order valence-electron chi connectivity index (χ3n) is 8.85. The SMILES string of the molecule is CCc1c(-c2c(C)cc(N(C)C)cc2C)c(C)nn1-c1cccc(Oc2ccc3c4ccccc4n(-c4cc(C)ccn4)c3c2)c1. The summed E-state index contributed by atoms with van der Waals surface area (Å²) in [5.41, 5.74) is 12.7. The number of pyridine rings is 1. The largest absolute Gasteiger partial charge is 0.457 e. The number of ether oxygens (including phenoxy) is 1. The molecule has 0 aliphatic heterocycles. The third kappa shape index (κ3) is 5.00. The molecule has 0 amide bonds. The van der Waals surface area contributed by atoms with Crippen molar-refractivity contribution in [1.82, 2.24) is 19.3 Å². The van der Waals surface area contributed by atoms with Crippen molar-refractivity contribution in [2.75, 3.05) is 19.0 Å². The van der Waals surface area contributed by atoms with Crippen LogP contribution in [-0.4, -0.2) is 33.4 Å². The normalized spacial score (nSPS) is 11.5. The van der Waals surface area contributed by atoms with Gasteiger partial charge in [-0.2, -0.15) is 5.10 Å². The summed E-state index contributed by atoms with van der Waals surface area (Å²) in [4.78, 5) is 6.88. The number of aromatic nitrogens is 4. The Kier molecular flexibility index (Phi) is 7.36. The first kappa shape index (κ1) is 29.4. The molecule has 3 aromatic heterocycles. The second-order valence-corrected chi connectivity index (χ2v) is 12.3. The summed E-state index contributed by atoms with van der Waals surface area (Å²) in [6.45, 7) is 10.8. The Hall–Kier alpha value is -5.36. The molecule has 6 heteroatoms. The lowest BCUT2D eigenvalue weighted by Gasteiger charge is -2.18. The van der Waals surface area contributed by atoms with Gasteiger partial charge in [-0.05, 0) is 111 Å². The summed E-state index contributed by atoms with van der Waals surface area (Å²) in [5.74, 6) is 2.42. The fourth-order valence-electron chi connectivity index (χ4n) is 6.75. The van der Waals surface area contributed by atoms with Gasteiger partial charge in [-0.25, -0.2) is 9.67 Å². The first-order valence-corrected chi connectivity index (χ1v) is 15.9. The van der Waals surface area contributed by atoms with Crippen LogP contribution in [0.5, 0.6) is 11.5 Å². The zero-order valence-corrected chi connectivity index (χ0v) is 27.6. The van der Waals surface area contributed by atoms with E-state index in [0.29, 0.717) is 0 Å². The minimum absolute atomic E-state index is 0.757. The lowest BCUT2D eigenvalue weighted by molar-refractivity contribution is 0.482. The molecule has 3 heterocycles.